The Balaban J connectivity index is 1.41. The lowest BCUT2D eigenvalue weighted by atomic mass is 10.0. The third-order valence-corrected chi connectivity index (χ3v) is 5.76. The molecule has 1 atom stereocenters. The van der Waals surface area contributed by atoms with Crippen LogP contribution in [0.2, 0.25) is 5.15 Å². The van der Waals surface area contributed by atoms with E-state index in [0.29, 0.717) is 22.8 Å². The highest BCUT2D eigenvalue weighted by Gasteiger charge is 2.24. The molecule has 1 fully saturated rings. The topological polar surface area (TPSA) is 82.6 Å². The first-order chi connectivity index (χ1) is 14.7. The van der Waals surface area contributed by atoms with E-state index >= 15 is 0 Å². The minimum atomic E-state index is 0.320. The van der Waals surface area contributed by atoms with E-state index in [9.17, 15) is 0 Å². The maximum atomic E-state index is 6.41. The second-order valence-corrected chi connectivity index (χ2v) is 7.98. The molecule has 0 amide bonds. The minimum Gasteiger partial charge on any atom is -0.351 e. The van der Waals surface area contributed by atoms with Crippen LogP contribution >= 0.6 is 11.6 Å². The standard InChI is InChI=1S/C22H22ClN7/c1-14-18-12-16(7-8-19(18)27-26-14)21-25-22(20(23)28-29-21)30-10-9-24-17(13-30)11-15-5-3-2-4-6-15/h2-8,12,17,24H,9-11,13H2,1H3,(H,26,27). The Morgan fingerprint density at radius 3 is 2.87 bits per heavy atom. The van der Waals surface area contributed by atoms with Crippen LogP contribution in [0.1, 0.15) is 11.3 Å². The van der Waals surface area contributed by atoms with Crippen LogP contribution in [0.5, 0.6) is 0 Å². The van der Waals surface area contributed by atoms with Crippen molar-refractivity contribution in [3.8, 4) is 11.4 Å². The summed E-state index contributed by atoms with van der Waals surface area (Å²) in [5.74, 6) is 1.25. The van der Waals surface area contributed by atoms with Crippen molar-refractivity contribution in [1.82, 2.24) is 30.7 Å². The second-order valence-electron chi connectivity index (χ2n) is 7.62. The minimum absolute atomic E-state index is 0.320. The zero-order valence-corrected chi connectivity index (χ0v) is 17.4. The third-order valence-electron chi connectivity index (χ3n) is 5.51. The zero-order valence-electron chi connectivity index (χ0n) is 16.6. The molecule has 2 aromatic carbocycles. The van der Waals surface area contributed by atoms with E-state index in [4.69, 9.17) is 16.6 Å². The molecule has 3 heterocycles. The van der Waals surface area contributed by atoms with Gasteiger partial charge in [0.05, 0.1) is 5.52 Å². The van der Waals surface area contributed by atoms with Crippen molar-refractivity contribution < 1.29 is 0 Å². The van der Waals surface area contributed by atoms with Gasteiger partial charge < -0.3 is 10.2 Å². The molecule has 0 radical (unpaired) electrons. The quantitative estimate of drug-likeness (QED) is 0.527. The van der Waals surface area contributed by atoms with Crippen LogP contribution in [0.15, 0.2) is 48.5 Å². The molecule has 152 valence electrons. The van der Waals surface area contributed by atoms with Crippen LogP contribution in [0, 0.1) is 6.92 Å². The monoisotopic (exact) mass is 419 g/mol. The van der Waals surface area contributed by atoms with Crippen molar-refractivity contribution >= 4 is 28.3 Å². The van der Waals surface area contributed by atoms with Crippen LogP contribution in [0.4, 0.5) is 5.82 Å². The van der Waals surface area contributed by atoms with Gasteiger partial charge in [0.25, 0.3) is 0 Å². The van der Waals surface area contributed by atoms with Crippen LogP contribution in [-0.4, -0.2) is 51.1 Å². The van der Waals surface area contributed by atoms with Crippen molar-refractivity contribution in [2.45, 2.75) is 19.4 Å². The van der Waals surface area contributed by atoms with Gasteiger partial charge in [-0.25, -0.2) is 4.98 Å². The molecular formula is C22H22ClN7. The van der Waals surface area contributed by atoms with Crippen molar-refractivity contribution in [2.24, 2.45) is 0 Å². The number of hydrogen-bond donors (Lipinski definition) is 2. The molecule has 1 unspecified atom stereocenters. The molecule has 2 N–H and O–H groups in total. The highest BCUT2D eigenvalue weighted by Crippen LogP contribution is 2.27. The lowest BCUT2D eigenvalue weighted by Crippen LogP contribution is -2.52. The van der Waals surface area contributed by atoms with Crippen LogP contribution in [0.25, 0.3) is 22.3 Å². The fourth-order valence-corrected chi connectivity index (χ4v) is 4.16. The normalized spacial score (nSPS) is 16.9. The van der Waals surface area contributed by atoms with Crippen LogP contribution in [-0.2, 0) is 6.42 Å². The molecule has 0 spiro atoms. The molecule has 4 aromatic rings. The zero-order chi connectivity index (χ0) is 20.5. The SMILES string of the molecule is Cc1[nH]nc2ccc(-c3nnc(Cl)c(N4CCNC(Cc5ccccc5)C4)n3)cc12. The molecular weight excluding hydrogens is 398 g/mol. The van der Waals surface area contributed by atoms with Gasteiger partial charge in [-0.2, -0.15) is 5.10 Å². The Bertz CT molecular complexity index is 1170. The van der Waals surface area contributed by atoms with Crippen molar-refractivity contribution in [2.75, 3.05) is 24.5 Å². The van der Waals surface area contributed by atoms with Crippen molar-refractivity contribution in [3.63, 3.8) is 0 Å². The lowest BCUT2D eigenvalue weighted by molar-refractivity contribution is 0.452. The second kappa shape index (κ2) is 8.01. The van der Waals surface area contributed by atoms with Gasteiger partial charge in [0.1, 0.15) is 0 Å². The molecule has 1 saturated heterocycles. The van der Waals surface area contributed by atoms with E-state index in [0.717, 1.165) is 48.2 Å². The Labute approximate surface area is 179 Å². The van der Waals surface area contributed by atoms with Gasteiger partial charge >= 0.3 is 0 Å². The first-order valence-electron chi connectivity index (χ1n) is 10.0. The summed E-state index contributed by atoms with van der Waals surface area (Å²) in [5, 5.41) is 20.7. The Kier molecular flexibility index (Phi) is 5.06. The maximum absolute atomic E-state index is 6.41. The lowest BCUT2D eigenvalue weighted by Gasteiger charge is -2.34. The Morgan fingerprint density at radius 2 is 2.00 bits per heavy atom. The third kappa shape index (κ3) is 3.74. The molecule has 8 heteroatoms. The molecule has 5 rings (SSSR count). The number of hydrogen-bond acceptors (Lipinski definition) is 6. The molecule has 2 aromatic heterocycles. The van der Waals surface area contributed by atoms with E-state index < -0.39 is 0 Å². The van der Waals surface area contributed by atoms with Gasteiger partial charge in [-0.3, -0.25) is 5.10 Å². The predicted octanol–water partition coefficient (Wildman–Crippen LogP) is 3.40. The van der Waals surface area contributed by atoms with Gasteiger partial charge in [-0.15, -0.1) is 10.2 Å². The molecule has 7 nitrogen and oxygen atoms in total. The summed E-state index contributed by atoms with van der Waals surface area (Å²) in [6.07, 6.45) is 0.955. The summed E-state index contributed by atoms with van der Waals surface area (Å²) in [5.41, 5.74) is 4.14. The number of H-pyrrole nitrogens is 1. The number of rotatable bonds is 4. The number of piperazine rings is 1. The highest BCUT2D eigenvalue weighted by molar-refractivity contribution is 6.31. The number of fused-ring (bicyclic) bond motifs is 1. The summed E-state index contributed by atoms with van der Waals surface area (Å²) >= 11 is 6.41. The van der Waals surface area contributed by atoms with E-state index in [1.807, 2.05) is 31.2 Å². The van der Waals surface area contributed by atoms with Crippen LogP contribution < -0.4 is 10.2 Å². The van der Waals surface area contributed by atoms with Crippen LogP contribution in [0.3, 0.4) is 0 Å². The van der Waals surface area contributed by atoms with Crippen molar-refractivity contribution in [1.29, 1.82) is 0 Å². The smallest absolute Gasteiger partial charge is 0.194 e. The van der Waals surface area contributed by atoms with E-state index in [1.165, 1.54) is 5.56 Å². The average molecular weight is 420 g/mol. The summed E-state index contributed by atoms with van der Waals surface area (Å²) in [4.78, 5) is 6.99. The number of halogens is 1. The summed E-state index contributed by atoms with van der Waals surface area (Å²) < 4.78 is 0. The van der Waals surface area contributed by atoms with Gasteiger partial charge in [-0.1, -0.05) is 41.9 Å². The predicted molar refractivity (Wildman–Crippen MR) is 119 cm³/mol. The van der Waals surface area contributed by atoms with E-state index in [2.05, 4.69) is 54.9 Å². The Hall–Kier alpha value is -3.03. The number of aromatic nitrogens is 5. The largest absolute Gasteiger partial charge is 0.351 e. The molecule has 1 aliphatic rings. The van der Waals surface area contributed by atoms with Gasteiger partial charge in [-0.05, 0) is 37.1 Å². The molecule has 0 aliphatic carbocycles. The van der Waals surface area contributed by atoms with E-state index in [-0.39, 0.29) is 0 Å². The number of nitrogens with one attached hydrogen (secondary N) is 2. The number of nitrogens with zero attached hydrogens (tertiary/aromatic N) is 5. The number of anilines is 1. The van der Waals surface area contributed by atoms with Gasteiger partial charge in [0, 0.05) is 42.3 Å². The summed E-state index contributed by atoms with van der Waals surface area (Å²) in [6.45, 7) is 4.50. The molecule has 30 heavy (non-hydrogen) atoms. The van der Waals surface area contributed by atoms with Crippen molar-refractivity contribution in [3.05, 3.63) is 64.9 Å². The first-order valence-corrected chi connectivity index (χ1v) is 10.4. The fourth-order valence-electron chi connectivity index (χ4n) is 3.96. The molecule has 1 aliphatic heterocycles. The summed E-state index contributed by atoms with van der Waals surface area (Å²) in [7, 11) is 0. The maximum Gasteiger partial charge on any atom is 0.194 e. The Morgan fingerprint density at radius 1 is 1.13 bits per heavy atom. The highest BCUT2D eigenvalue weighted by atomic mass is 35.5. The molecule has 0 saturated carbocycles. The first kappa shape index (κ1) is 19.0. The number of aromatic amines is 1. The average Bonchev–Trinajstić information content (AvgIpc) is 3.15. The van der Waals surface area contributed by atoms with E-state index in [1.54, 1.807) is 0 Å². The fraction of sp³-hybridized carbons (Fsp3) is 0.273. The van der Waals surface area contributed by atoms with Gasteiger partial charge in [0.2, 0.25) is 0 Å². The summed E-state index contributed by atoms with van der Waals surface area (Å²) in [6, 6.07) is 16.8. The molecule has 0 bridgehead atoms. The number of aryl methyl sites for hydroxylation is 1. The number of benzene rings is 2. The van der Waals surface area contributed by atoms with Gasteiger partial charge in [0.15, 0.2) is 16.8 Å².